The summed E-state index contributed by atoms with van der Waals surface area (Å²) in [6, 6.07) is 3.61. The normalized spacial score (nSPS) is 10.5. The third kappa shape index (κ3) is 2.88. The van der Waals surface area contributed by atoms with Crippen molar-refractivity contribution in [2.75, 3.05) is 5.32 Å². The number of amides is 1. The second-order valence-corrected chi connectivity index (χ2v) is 4.63. The van der Waals surface area contributed by atoms with Crippen molar-refractivity contribution in [3.05, 3.63) is 51.0 Å². The first-order chi connectivity index (χ1) is 9.79. The van der Waals surface area contributed by atoms with Crippen LogP contribution in [0.3, 0.4) is 0 Å². The Morgan fingerprint density at radius 3 is 2.57 bits per heavy atom. The number of carbonyl (C=O) groups is 1. The van der Waals surface area contributed by atoms with E-state index in [0.717, 1.165) is 12.1 Å². The van der Waals surface area contributed by atoms with Gasteiger partial charge in [0.1, 0.15) is 11.6 Å². The fraction of sp³-hybridized carbons (Fsp3) is 0.231. The molecule has 1 aromatic heterocycles. The largest absolute Gasteiger partial charge is 0.307 e. The molecule has 0 saturated carbocycles. The third-order valence-electron chi connectivity index (χ3n) is 2.94. The fourth-order valence-corrected chi connectivity index (χ4v) is 1.93. The van der Waals surface area contributed by atoms with Gasteiger partial charge in [-0.15, -0.1) is 0 Å². The van der Waals surface area contributed by atoms with E-state index in [2.05, 4.69) is 10.4 Å². The number of hydrogen-bond acceptors (Lipinski definition) is 4. The second-order valence-electron chi connectivity index (χ2n) is 4.63. The SMILES string of the molecule is Cc1cc(NC(=O)c2cc([N+](=O)[O-])cc(C)c2F)n(C)n1. The lowest BCUT2D eigenvalue weighted by Crippen LogP contribution is -2.17. The molecule has 1 N–H and O–H groups in total. The fourth-order valence-electron chi connectivity index (χ4n) is 1.93. The number of nitrogens with zero attached hydrogens (tertiary/aromatic N) is 3. The quantitative estimate of drug-likeness (QED) is 0.694. The monoisotopic (exact) mass is 292 g/mol. The van der Waals surface area contributed by atoms with E-state index in [-0.39, 0.29) is 16.8 Å². The van der Waals surface area contributed by atoms with E-state index in [9.17, 15) is 19.3 Å². The maximum Gasteiger partial charge on any atom is 0.270 e. The van der Waals surface area contributed by atoms with Crippen LogP contribution in [0.5, 0.6) is 0 Å². The van der Waals surface area contributed by atoms with Crippen LogP contribution in [0.15, 0.2) is 18.2 Å². The molecule has 7 nitrogen and oxygen atoms in total. The highest BCUT2D eigenvalue weighted by molar-refractivity contribution is 6.04. The maximum absolute atomic E-state index is 14.0. The minimum Gasteiger partial charge on any atom is -0.307 e. The number of anilines is 1. The molecular weight excluding hydrogens is 279 g/mol. The average Bonchev–Trinajstić information content (AvgIpc) is 2.70. The first-order valence-corrected chi connectivity index (χ1v) is 6.06. The Balaban J connectivity index is 2.39. The Labute approximate surface area is 119 Å². The molecule has 0 aliphatic rings. The molecule has 2 aromatic rings. The number of carbonyl (C=O) groups excluding carboxylic acids is 1. The van der Waals surface area contributed by atoms with E-state index in [1.165, 1.54) is 11.6 Å². The molecule has 1 amide bonds. The molecule has 21 heavy (non-hydrogen) atoms. The van der Waals surface area contributed by atoms with Crippen LogP contribution in [-0.2, 0) is 7.05 Å². The lowest BCUT2D eigenvalue weighted by atomic mass is 10.1. The summed E-state index contributed by atoms with van der Waals surface area (Å²) in [6.07, 6.45) is 0. The van der Waals surface area contributed by atoms with E-state index < -0.39 is 16.6 Å². The highest BCUT2D eigenvalue weighted by Crippen LogP contribution is 2.22. The minimum absolute atomic E-state index is 0.0375. The van der Waals surface area contributed by atoms with Crippen molar-refractivity contribution in [3.8, 4) is 0 Å². The second kappa shape index (κ2) is 5.31. The Hall–Kier alpha value is -2.77. The lowest BCUT2D eigenvalue weighted by molar-refractivity contribution is -0.385. The van der Waals surface area contributed by atoms with Crippen LogP contribution in [0.1, 0.15) is 21.6 Å². The number of hydrogen-bond donors (Lipinski definition) is 1. The van der Waals surface area contributed by atoms with E-state index in [4.69, 9.17) is 0 Å². The summed E-state index contributed by atoms with van der Waals surface area (Å²) in [6.45, 7) is 3.11. The molecule has 0 unspecified atom stereocenters. The van der Waals surface area contributed by atoms with Crippen molar-refractivity contribution in [2.45, 2.75) is 13.8 Å². The van der Waals surface area contributed by atoms with Crippen LogP contribution in [0.2, 0.25) is 0 Å². The molecule has 0 atom stereocenters. The number of nitro benzene ring substituents is 1. The van der Waals surface area contributed by atoms with Gasteiger partial charge >= 0.3 is 0 Å². The predicted octanol–water partition coefficient (Wildman–Crippen LogP) is 2.34. The van der Waals surface area contributed by atoms with E-state index in [1.54, 1.807) is 20.0 Å². The molecule has 110 valence electrons. The topological polar surface area (TPSA) is 90.1 Å². The number of rotatable bonds is 3. The number of aryl methyl sites for hydroxylation is 3. The van der Waals surface area contributed by atoms with Gasteiger partial charge in [-0.3, -0.25) is 19.6 Å². The van der Waals surface area contributed by atoms with Crippen molar-refractivity contribution in [3.63, 3.8) is 0 Å². The van der Waals surface area contributed by atoms with Gasteiger partial charge in [-0.25, -0.2) is 4.39 Å². The number of aromatic nitrogens is 2. The summed E-state index contributed by atoms with van der Waals surface area (Å²) in [5, 5.41) is 17.3. The zero-order valence-corrected chi connectivity index (χ0v) is 11.7. The number of halogens is 1. The molecule has 0 saturated heterocycles. The highest BCUT2D eigenvalue weighted by atomic mass is 19.1. The van der Waals surface area contributed by atoms with Crippen molar-refractivity contribution < 1.29 is 14.1 Å². The molecular formula is C13H13FN4O3. The summed E-state index contributed by atoms with van der Waals surface area (Å²) in [5.74, 6) is -1.17. The predicted molar refractivity (Wildman–Crippen MR) is 73.7 cm³/mol. The summed E-state index contributed by atoms with van der Waals surface area (Å²) in [4.78, 5) is 22.2. The maximum atomic E-state index is 14.0. The highest BCUT2D eigenvalue weighted by Gasteiger charge is 2.20. The van der Waals surface area contributed by atoms with Gasteiger partial charge in [0, 0.05) is 25.2 Å². The summed E-state index contributed by atoms with van der Waals surface area (Å²) in [7, 11) is 1.62. The van der Waals surface area contributed by atoms with E-state index in [0.29, 0.717) is 11.5 Å². The van der Waals surface area contributed by atoms with Crippen LogP contribution in [-0.4, -0.2) is 20.6 Å². The Kier molecular flexibility index (Phi) is 3.70. The van der Waals surface area contributed by atoms with Gasteiger partial charge in [-0.05, 0) is 19.4 Å². The Morgan fingerprint density at radius 1 is 1.38 bits per heavy atom. The molecule has 0 aliphatic heterocycles. The molecule has 1 aromatic carbocycles. The van der Waals surface area contributed by atoms with Crippen molar-refractivity contribution >= 4 is 17.4 Å². The molecule has 0 spiro atoms. The third-order valence-corrected chi connectivity index (χ3v) is 2.94. The average molecular weight is 292 g/mol. The lowest BCUT2D eigenvalue weighted by Gasteiger charge is -2.07. The number of nitro groups is 1. The van der Waals surface area contributed by atoms with Crippen LogP contribution >= 0.6 is 0 Å². The van der Waals surface area contributed by atoms with Gasteiger partial charge in [-0.2, -0.15) is 5.10 Å². The Bertz CT molecular complexity index is 739. The van der Waals surface area contributed by atoms with E-state index in [1.807, 2.05) is 0 Å². The first kappa shape index (κ1) is 14.6. The number of nitrogens with one attached hydrogen (secondary N) is 1. The number of benzene rings is 1. The van der Waals surface area contributed by atoms with Crippen LogP contribution in [0.4, 0.5) is 15.9 Å². The van der Waals surface area contributed by atoms with E-state index >= 15 is 0 Å². The molecule has 0 fully saturated rings. The molecule has 2 rings (SSSR count). The van der Waals surface area contributed by atoms with Crippen molar-refractivity contribution in [1.29, 1.82) is 0 Å². The zero-order valence-electron chi connectivity index (χ0n) is 11.7. The zero-order chi connectivity index (χ0) is 15.7. The summed E-state index contributed by atoms with van der Waals surface area (Å²) < 4.78 is 15.4. The smallest absolute Gasteiger partial charge is 0.270 e. The standard InChI is InChI=1S/C13H13FN4O3/c1-7-4-9(18(20)21)6-10(12(7)14)13(19)15-11-5-8(2)16-17(11)3/h4-6H,1-3H3,(H,15,19). The summed E-state index contributed by atoms with van der Waals surface area (Å²) in [5.41, 5.74) is 0.0137. The van der Waals surface area contributed by atoms with Crippen molar-refractivity contribution in [1.82, 2.24) is 9.78 Å². The molecule has 0 aliphatic carbocycles. The van der Waals surface area contributed by atoms with Gasteiger partial charge in [0.25, 0.3) is 11.6 Å². The first-order valence-electron chi connectivity index (χ1n) is 6.06. The van der Waals surface area contributed by atoms with Crippen LogP contribution in [0.25, 0.3) is 0 Å². The molecule has 0 radical (unpaired) electrons. The van der Waals surface area contributed by atoms with Gasteiger partial charge in [0.05, 0.1) is 16.2 Å². The molecule has 0 bridgehead atoms. The molecule has 1 heterocycles. The van der Waals surface area contributed by atoms with Gasteiger partial charge in [0.15, 0.2) is 0 Å². The van der Waals surface area contributed by atoms with Gasteiger partial charge < -0.3 is 5.32 Å². The summed E-state index contributed by atoms with van der Waals surface area (Å²) >= 11 is 0. The molecule has 8 heteroatoms. The van der Waals surface area contributed by atoms with Gasteiger partial charge in [-0.1, -0.05) is 0 Å². The van der Waals surface area contributed by atoms with Crippen LogP contribution < -0.4 is 5.32 Å². The minimum atomic E-state index is -0.781. The van der Waals surface area contributed by atoms with Crippen molar-refractivity contribution in [2.24, 2.45) is 7.05 Å². The number of non-ortho nitro benzene ring substituents is 1. The Morgan fingerprint density at radius 2 is 2.05 bits per heavy atom. The van der Waals surface area contributed by atoms with Crippen LogP contribution in [0, 0.1) is 29.8 Å². The van der Waals surface area contributed by atoms with Gasteiger partial charge in [0.2, 0.25) is 0 Å².